The van der Waals surface area contributed by atoms with Gasteiger partial charge in [-0.25, -0.2) is 0 Å². The van der Waals surface area contributed by atoms with E-state index >= 15 is 0 Å². The Morgan fingerprint density at radius 2 is 2.12 bits per heavy atom. The molecule has 1 aromatic rings. The van der Waals surface area contributed by atoms with Crippen molar-refractivity contribution in [2.24, 2.45) is 5.73 Å². The van der Waals surface area contributed by atoms with E-state index in [1.54, 1.807) is 0 Å². The Bertz CT molecular complexity index is 446. The summed E-state index contributed by atoms with van der Waals surface area (Å²) in [6.07, 6.45) is 0. The summed E-state index contributed by atoms with van der Waals surface area (Å²) in [4.78, 5) is 11.2. The SMILES string of the molecule is COc1c(Br)c(C)cc(C)c1C(CN)C(=O)O. The first kappa shape index (κ1) is 14.0. The summed E-state index contributed by atoms with van der Waals surface area (Å²) in [5, 5.41) is 9.18. The van der Waals surface area contributed by atoms with Gasteiger partial charge in [-0.3, -0.25) is 4.79 Å². The molecule has 17 heavy (non-hydrogen) atoms. The van der Waals surface area contributed by atoms with Gasteiger partial charge in [-0.1, -0.05) is 6.07 Å². The van der Waals surface area contributed by atoms with Crippen LogP contribution in [0.1, 0.15) is 22.6 Å². The van der Waals surface area contributed by atoms with E-state index in [0.717, 1.165) is 15.6 Å². The van der Waals surface area contributed by atoms with Gasteiger partial charge in [0.05, 0.1) is 17.5 Å². The third-order valence-electron chi connectivity index (χ3n) is 2.73. The van der Waals surface area contributed by atoms with Gasteiger partial charge in [0.1, 0.15) is 5.75 Å². The molecule has 0 fully saturated rings. The second-order valence-corrected chi connectivity index (χ2v) is 4.69. The molecular formula is C12H16BrNO3. The molecule has 4 nitrogen and oxygen atoms in total. The van der Waals surface area contributed by atoms with Crippen molar-refractivity contribution in [2.75, 3.05) is 13.7 Å². The molecule has 0 aliphatic carbocycles. The molecule has 1 aromatic carbocycles. The maximum Gasteiger partial charge on any atom is 0.312 e. The van der Waals surface area contributed by atoms with Gasteiger partial charge in [0.15, 0.2) is 0 Å². The van der Waals surface area contributed by atoms with Crippen molar-refractivity contribution >= 4 is 21.9 Å². The molecule has 94 valence electrons. The smallest absolute Gasteiger partial charge is 0.312 e. The number of rotatable bonds is 4. The topological polar surface area (TPSA) is 72.5 Å². The monoisotopic (exact) mass is 301 g/mol. The van der Waals surface area contributed by atoms with Crippen molar-refractivity contribution in [1.29, 1.82) is 0 Å². The minimum Gasteiger partial charge on any atom is -0.495 e. The minimum absolute atomic E-state index is 0.0437. The van der Waals surface area contributed by atoms with Crippen LogP contribution < -0.4 is 10.5 Å². The number of benzene rings is 1. The number of methoxy groups -OCH3 is 1. The lowest BCUT2D eigenvalue weighted by Gasteiger charge is -2.19. The zero-order valence-electron chi connectivity index (χ0n) is 10.1. The molecule has 0 aliphatic heterocycles. The summed E-state index contributed by atoms with van der Waals surface area (Å²) < 4.78 is 6.08. The summed E-state index contributed by atoms with van der Waals surface area (Å²) in [6.45, 7) is 3.84. The van der Waals surface area contributed by atoms with Gasteiger partial charge in [0.2, 0.25) is 0 Å². The molecule has 0 aliphatic rings. The van der Waals surface area contributed by atoms with E-state index in [1.165, 1.54) is 7.11 Å². The van der Waals surface area contributed by atoms with Crippen LogP contribution in [0, 0.1) is 13.8 Å². The Morgan fingerprint density at radius 1 is 1.53 bits per heavy atom. The fraction of sp³-hybridized carbons (Fsp3) is 0.417. The van der Waals surface area contributed by atoms with Crippen molar-refractivity contribution < 1.29 is 14.6 Å². The van der Waals surface area contributed by atoms with Crippen LogP contribution in [0.5, 0.6) is 5.75 Å². The number of halogens is 1. The van der Waals surface area contributed by atoms with E-state index in [4.69, 9.17) is 10.5 Å². The Hall–Kier alpha value is -1.07. The van der Waals surface area contributed by atoms with Crippen molar-refractivity contribution in [3.63, 3.8) is 0 Å². The number of carboxylic acid groups (broad SMARTS) is 1. The Kier molecular flexibility index (Phi) is 4.54. The van der Waals surface area contributed by atoms with Crippen LogP contribution in [-0.2, 0) is 4.79 Å². The van der Waals surface area contributed by atoms with Crippen molar-refractivity contribution in [3.05, 3.63) is 27.2 Å². The number of hydrogen-bond donors (Lipinski definition) is 2. The lowest BCUT2D eigenvalue weighted by atomic mass is 9.92. The molecular weight excluding hydrogens is 286 g/mol. The number of carbonyl (C=O) groups is 1. The molecule has 0 saturated heterocycles. The lowest BCUT2D eigenvalue weighted by Crippen LogP contribution is -2.23. The number of nitrogens with two attached hydrogens (primary N) is 1. The van der Waals surface area contributed by atoms with Crippen molar-refractivity contribution in [1.82, 2.24) is 0 Å². The second-order valence-electron chi connectivity index (χ2n) is 3.90. The first-order valence-electron chi connectivity index (χ1n) is 5.20. The highest BCUT2D eigenvalue weighted by Crippen LogP contribution is 2.38. The third-order valence-corrected chi connectivity index (χ3v) is 3.72. The fourth-order valence-electron chi connectivity index (χ4n) is 1.92. The molecule has 0 aromatic heterocycles. The van der Waals surface area contributed by atoms with E-state index in [1.807, 2.05) is 19.9 Å². The average Bonchev–Trinajstić information content (AvgIpc) is 2.26. The summed E-state index contributed by atoms with van der Waals surface area (Å²) in [7, 11) is 1.53. The maximum absolute atomic E-state index is 11.2. The van der Waals surface area contributed by atoms with Gasteiger partial charge in [-0.2, -0.15) is 0 Å². The largest absolute Gasteiger partial charge is 0.495 e. The highest BCUT2D eigenvalue weighted by Gasteiger charge is 2.26. The zero-order valence-corrected chi connectivity index (χ0v) is 11.7. The number of aliphatic carboxylic acids is 1. The molecule has 0 radical (unpaired) electrons. The van der Waals surface area contributed by atoms with Crippen LogP contribution in [0.15, 0.2) is 10.5 Å². The molecule has 1 atom stereocenters. The lowest BCUT2D eigenvalue weighted by molar-refractivity contribution is -0.138. The van der Waals surface area contributed by atoms with E-state index < -0.39 is 11.9 Å². The summed E-state index contributed by atoms with van der Waals surface area (Å²) in [5.74, 6) is -1.13. The van der Waals surface area contributed by atoms with Crippen LogP contribution in [0.3, 0.4) is 0 Å². The summed E-state index contributed by atoms with van der Waals surface area (Å²) in [6, 6.07) is 1.92. The van der Waals surface area contributed by atoms with Crippen molar-refractivity contribution in [2.45, 2.75) is 19.8 Å². The number of carboxylic acids is 1. The van der Waals surface area contributed by atoms with E-state index in [0.29, 0.717) is 11.3 Å². The number of aryl methyl sites for hydroxylation is 2. The molecule has 0 spiro atoms. The molecule has 0 heterocycles. The Labute approximate surface area is 109 Å². The average molecular weight is 302 g/mol. The third kappa shape index (κ3) is 2.61. The maximum atomic E-state index is 11.2. The van der Waals surface area contributed by atoms with Crippen LogP contribution in [0.4, 0.5) is 0 Å². The summed E-state index contributed by atoms with van der Waals surface area (Å²) in [5.41, 5.74) is 8.05. The first-order chi connectivity index (χ1) is 7.93. The molecule has 5 heteroatoms. The normalized spacial score (nSPS) is 12.3. The van der Waals surface area contributed by atoms with Crippen LogP contribution >= 0.6 is 15.9 Å². The highest BCUT2D eigenvalue weighted by atomic mass is 79.9. The Morgan fingerprint density at radius 3 is 2.53 bits per heavy atom. The van der Waals surface area contributed by atoms with E-state index in [-0.39, 0.29) is 6.54 Å². The quantitative estimate of drug-likeness (QED) is 0.894. The highest BCUT2D eigenvalue weighted by molar-refractivity contribution is 9.10. The zero-order chi connectivity index (χ0) is 13.2. The van der Waals surface area contributed by atoms with Crippen LogP contribution in [-0.4, -0.2) is 24.7 Å². The predicted octanol–water partition coefficient (Wildman–Crippen LogP) is 2.20. The molecule has 1 unspecified atom stereocenters. The van der Waals surface area contributed by atoms with Gasteiger partial charge in [-0.15, -0.1) is 0 Å². The molecule has 0 amide bonds. The van der Waals surface area contributed by atoms with Gasteiger partial charge in [-0.05, 0) is 40.9 Å². The Balaban J connectivity index is 3.50. The molecule has 0 saturated carbocycles. The van der Waals surface area contributed by atoms with Gasteiger partial charge >= 0.3 is 5.97 Å². The molecule has 1 rings (SSSR count). The number of hydrogen-bond acceptors (Lipinski definition) is 3. The standard InChI is InChI=1S/C12H16BrNO3/c1-6-4-7(2)10(13)11(17-3)9(6)8(5-14)12(15)16/h4,8H,5,14H2,1-3H3,(H,15,16). The molecule has 3 N–H and O–H groups in total. The van der Waals surface area contributed by atoms with E-state index in [2.05, 4.69) is 15.9 Å². The summed E-state index contributed by atoms with van der Waals surface area (Å²) >= 11 is 3.41. The minimum atomic E-state index is -0.940. The first-order valence-corrected chi connectivity index (χ1v) is 5.99. The predicted molar refractivity (Wildman–Crippen MR) is 69.6 cm³/mol. The van der Waals surface area contributed by atoms with Gasteiger partial charge < -0.3 is 15.6 Å². The van der Waals surface area contributed by atoms with E-state index in [9.17, 15) is 9.90 Å². The second kappa shape index (κ2) is 5.51. The fourth-order valence-corrected chi connectivity index (χ4v) is 2.41. The molecule has 0 bridgehead atoms. The van der Waals surface area contributed by atoms with Crippen molar-refractivity contribution in [3.8, 4) is 5.75 Å². The van der Waals surface area contributed by atoms with Crippen LogP contribution in [0.2, 0.25) is 0 Å². The van der Waals surface area contributed by atoms with Gasteiger partial charge in [0.25, 0.3) is 0 Å². The number of ether oxygens (including phenoxy) is 1. The van der Waals surface area contributed by atoms with Gasteiger partial charge in [0, 0.05) is 12.1 Å². The van der Waals surface area contributed by atoms with Crippen LogP contribution in [0.25, 0.3) is 0 Å².